The summed E-state index contributed by atoms with van der Waals surface area (Å²) in [5, 5.41) is 10.7. The summed E-state index contributed by atoms with van der Waals surface area (Å²) >= 11 is 0. The quantitative estimate of drug-likeness (QED) is 0.923. The standard InChI is InChI=1S/C17H22N2O/c1-12(2)14-15(19-11-10-18-14)17(3,4)16(20)13-8-6-5-7-9-13/h5-12,16,20H,1-4H3/t16-/m1/s1. The van der Waals surface area contributed by atoms with Gasteiger partial charge in [-0.05, 0) is 11.5 Å². The fraction of sp³-hybridized carbons (Fsp3) is 0.412. The van der Waals surface area contributed by atoms with E-state index in [2.05, 4.69) is 23.8 Å². The van der Waals surface area contributed by atoms with Gasteiger partial charge in [0.1, 0.15) is 0 Å². The van der Waals surface area contributed by atoms with Gasteiger partial charge in [0.05, 0.1) is 17.5 Å². The summed E-state index contributed by atoms with van der Waals surface area (Å²) in [6.07, 6.45) is 2.79. The van der Waals surface area contributed by atoms with Crippen LogP contribution in [-0.2, 0) is 5.41 Å². The maximum absolute atomic E-state index is 10.7. The Labute approximate surface area is 120 Å². The van der Waals surface area contributed by atoms with Crippen LogP contribution in [0.4, 0.5) is 0 Å². The lowest BCUT2D eigenvalue weighted by atomic mass is 9.77. The SMILES string of the molecule is CC(C)c1nccnc1C(C)(C)[C@H](O)c1ccccc1. The summed E-state index contributed by atoms with van der Waals surface area (Å²) in [7, 11) is 0. The number of aromatic nitrogens is 2. The predicted octanol–water partition coefficient (Wildman–Crippen LogP) is 3.61. The van der Waals surface area contributed by atoms with Crippen LogP contribution in [0.1, 0.15) is 56.7 Å². The Bertz CT molecular complexity index is 564. The monoisotopic (exact) mass is 270 g/mol. The van der Waals surface area contributed by atoms with Crippen molar-refractivity contribution in [3.63, 3.8) is 0 Å². The molecule has 0 aliphatic heterocycles. The van der Waals surface area contributed by atoms with Crippen LogP contribution in [0.3, 0.4) is 0 Å². The molecule has 1 N–H and O–H groups in total. The first-order valence-corrected chi connectivity index (χ1v) is 6.99. The molecule has 0 radical (unpaired) electrons. The van der Waals surface area contributed by atoms with Gasteiger partial charge in [0.15, 0.2) is 0 Å². The largest absolute Gasteiger partial charge is 0.387 e. The number of hydrogen-bond donors (Lipinski definition) is 1. The molecule has 1 aromatic carbocycles. The van der Waals surface area contributed by atoms with Crippen LogP contribution in [-0.4, -0.2) is 15.1 Å². The van der Waals surface area contributed by atoms with Crippen LogP contribution in [0.15, 0.2) is 42.7 Å². The summed E-state index contributed by atoms with van der Waals surface area (Å²) in [5.74, 6) is 0.279. The van der Waals surface area contributed by atoms with E-state index in [1.54, 1.807) is 12.4 Å². The Morgan fingerprint density at radius 2 is 1.60 bits per heavy atom. The summed E-state index contributed by atoms with van der Waals surface area (Å²) in [4.78, 5) is 8.94. The van der Waals surface area contributed by atoms with Gasteiger partial charge in [-0.15, -0.1) is 0 Å². The van der Waals surface area contributed by atoms with Crippen molar-refractivity contribution >= 4 is 0 Å². The highest BCUT2D eigenvalue weighted by atomic mass is 16.3. The van der Waals surface area contributed by atoms with E-state index in [0.717, 1.165) is 17.0 Å². The Morgan fingerprint density at radius 1 is 1.00 bits per heavy atom. The molecule has 1 atom stereocenters. The van der Waals surface area contributed by atoms with E-state index in [1.807, 2.05) is 44.2 Å². The van der Waals surface area contributed by atoms with Crippen molar-refractivity contribution in [3.8, 4) is 0 Å². The average molecular weight is 270 g/mol. The minimum Gasteiger partial charge on any atom is -0.387 e. The third-order valence-electron chi connectivity index (χ3n) is 3.68. The molecular weight excluding hydrogens is 248 g/mol. The topological polar surface area (TPSA) is 46.0 Å². The van der Waals surface area contributed by atoms with E-state index < -0.39 is 11.5 Å². The second-order valence-corrected chi connectivity index (χ2v) is 5.98. The predicted molar refractivity (Wildman–Crippen MR) is 80.5 cm³/mol. The first kappa shape index (κ1) is 14.7. The van der Waals surface area contributed by atoms with Crippen LogP contribution >= 0.6 is 0 Å². The summed E-state index contributed by atoms with van der Waals surface area (Å²) in [5.41, 5.74) is 2.23. The number of aliphatic hydroxyl groups is 1. The number of rotatable bonds is 4. The number of aliphatic hydroxyl groups excluding tert-OH is 1. The molecule has 3 heteroatoms. The lowest BCUT2D eigenvalue weighted by Crippen LogP contribution is -2.30. The molecule has 2 aromatic rings. The molecule has 2 rings (SSSR count). The molecule has 20 heavy (non-hydrogen) atoms. The Morgan fingerprint density at radius 3 is 2.20 bits per heavy atom. The van der Waals surface area contributed by atoms with Gasteiger partial charge in [0.25, 0.3) is 0 Å². The maximum Gasteiger partial charge on any atom is 0.0897 e. The van der Waals surface area contributed by atoms with Gasteiger partial charge in [-0.3, -0.25) is 9.97 Å². The highest BCUT2D eigenvalue weighted by Gasteiger charge is 2.35. The summed E-state index contributed by atoms with van der Waals surface area (Å²) in [6.45, 7) is 8.22. The second-order valence-electron chi connectivity index (χ2n) is 5.98. The van der Waals surface area contributed by atoms with Crippen molar-refractivity contribution < 1.29 is 5.11 Å². The van der Waals surface area contributed by atoms with E-state index in [4.69, 9.17) is 0 Å². The minimum atomic E-state index is -0.613. The van der Waals surface area contributed by atoms with Gasteiger partial charge >= 0.3 is 0 Å². The van der Waals surface area contributed by atoms with Gasteiger partial charge in [-0.25, -0.2) is 0 Å². The highest BCUT2D eigenvalue weighted by molar-refractivity contribution is 5.29. The van der Waals surface area contributed by atoms with Crippen LogP contribution in [0, 0.1) is 0 Å². The molecule has 1 heterocycles. The van der Waals surface area contributed by atoms with E-state index in [1.165, 1.54) is 0 Å². The van der Waals surface area contributed by atoms with Crippen LogP contribution in [0.2, 0.25) is 0 Å². The molecule has 0 spiro atoms. The van der Waals surface area contributed by atoms with Crippen molar-refractivity contribution in [1.82, 2.24) is 9.97 Å². The molecule has 0 saturated carbocycles. The van der Waals surface area contributed by atoms with Crippen molar-refractivity contribution in [1.29, 1.82) is 0 Å². The Balaban J connectivity index is 2.45. The third kappa shape index (κ3) is 2.73. The molecule has 0 amide bonds. The normalized spacial score (nSPS) is 13.5. The average Bonchev–Trinajstić information content (AvgIpc) is 2.47. The molecule has 1 aromatic heterocycles. The lowest BCUT2D eigenvalue weighted by molar-refractivity contribution is 0.0968. The zero-order chi connectivity index (χ0) is 14.8. The number of nitrogens with zero attached hydrogens (tertiary/aromatic N) is 2. The smallest absolute Gasteiger partial charge is 0.0897 e. The van der Waals surface area contributed by atoms with Crippen molar-refractivity contribution in [2.75, 3.05) is 0 Å². The minimum absolute atomic E-state index is 0.279. The first-order valence-electron chi connectivity index (χ1n) is 6.99. The van der Waals surface area contributed by atoms with Gasteiger partial charge in [-0.1, -0.05) is 58.0 Å². The maximum atomic E-state index is 10.7. The van der Waals surface area contributed by atoms with E-state index in [-0.39, 0.29) is 5.92 Å². The molecule has 0 unspecified atom stereocenters. The number of benzene rings is 1. The van der Waals surface area contributed by atoms with Gasteiger partial charge in [0, 0.05) is 17.8 Å². The second kappa shape index (κ2) is 5.71. The molecule has 0 saturated heterocycles. The van der Waals surface area contributed by atoms with E-state index in [0.29, 0.717) is 0 Å². The lowest BCUT2D eigenvalue weighted by Gasteiger charge is -2.32. The van der Waals surface area contributed by atoms with Crippen LogP contribution in [0.5, 0.6) is 0 Å². The van der Waals surface area contributed by atoms with Crippen LogP contribution in [0.25, 0.3) is 0 Å². The Hall–Kier alpha value is -1.74. The molecule has 0 bridgehead atoms. The van der Waals surface area contributed by atoms with Crippen molar-refractivity contribution in [2.24, 2.45) is 0 Å². The van der Waals surface area contributed by atoms with E-state index >= 15 is 0 Å². The molecule has 0 aliphatic rings. The third-order valence-corrected chi connectivity index (χ3v) is 3.68. The van der Waals surface area contributed by atoms with Crippen molar-refractivity contribution in [3.05, 3.63) is 59.7 Å². The Kier molecular flexibility index (Phi) is 4.19. The highest BCUT2D eigenvalue weighted by Crippen LogP contribution is 2.38. The molecule has 106 valence electrons. The van der Waals surface area contributed by atoms with Crippen molar-refractivity contribution in [2.45, 2.75) is 45.1 Å². The summed E-state index contributed by atoms with van der Waals surface area (Å²) in [6, 6.07) is 9.71. The molecule has 0 aliphatic carbocycles. The van der Waals surface area contributed by atoms with Crippen LogP contribution < -0.4 is 0 Å². The molecule has 3 nitrogen and oxygen atoms in total. The number of hydrogen-bond acceptors (Lipinski definition) is 3. The van der Waals surface area contributed by atoms with E-state index in [9.17, 15) is 5.11 Å². The zero-order valence-corrected chi connectivity index (χ0v) is 12.5. The molecular formula is C17H22N2O. The fourth-order valence-corrected chi connectivity index (χ4v) is 2.45. The fourth-order valence-electron chi connectivity index (χ4n) is 2.45. The zero-order valence-electron chi connectivity index (χ0n) is 12.5. The first-order chi connectivity index (χ1) is 9.44. The molecule has 0 fully saturated rings. The van der Waals surface area contributed by atoms with Gasteiger partial charge < -0.3 is 5.11 Å². The van der Waals surface area contributed by atoms with Gasteiger partial charge in [0.2, 0.25) is 0 Å². The summed E-state index contributed by atoms with van der Waals surface area (Å²) < 4.78 is 0. The van der Waals surface area contributed by atoms with Gasteiger partial charge in [-0.2, -0.15) is 0 Å².